The summed E-state index contributed by atoms with van der Waals surface area (Å²) in [6.07, 6.45) is -2.58. The van der Waals surface area contributed by atoms with E-state index in [9.17, 15) is 15.3 Å². The first kappa shape index (κ1) is 13.2. The van der Waals surface area contributed by atoms with E-state index in [0.717, 1.165) is 0 Å². The summed E-state index contributed by atoms with van der Waals surface area (Å²) in [7, 11) is 1.40. The Hall–Kier alpha value is -0.820. The number of halogens is 1. The Balaban J connectivity index is 3.11. The molecule has 0 spiro atoms. The molecule has 4 N–H and O–H groups in total. The van der Waals surface area contributed by atoms with Crippen LogP contribution in [0, 0.1) is 0 Å². The zero-order valence-corrected chi connectivity index (χ0v) is 10.2. The number of phenolic OH excluding ortho intramolecular Hbond substituents is 1. The van der Waals surface area contributed by atoms with Gasteiger partial charge in [-0.25, -0.2) is 0 Å². The lowest BCUT2D eigenvalue weighted by Gasteiger charge is -2.18. The minimum Gasteiger partial charge on any atom is -0.503 e. The first-order chi connectivity index (χ1) is 7.52. The molecule has 0 saturated heterocycles. The molecule has 0 aliphatic carbocycles. The van der Waals surface area contributed by atoms with Crippen LogP contribution in [0.4, 0.5) is 0 Å². The Kier molecular flexibility index (Phi) is 4.55. The van der Waals surface area contributed by atoms with Gasteiger partial charge in [0.2, 0.25) is 0 Å². The van der Waals surface area contributed by atoms with Gasteiger partial charge in [0.25, 0.3) is 0 Å². The van der Waals surface area contributed by atoms with Gasteiger partial charge in [-0.15, -0.1) is 0 Å². The van der Waals surface area contributed by atoms with E-state index in [1.165, 1.54) is 19.2 Å². The van der Waals surface area contributed by atoms with Crippen LogP contribution >= 0.6 is 15.9 Å². The Labute approximate surface area is 101 Å². The molecule has 0 saturated carbocycles. The highest BCUT2D eigenvalue weighted by Gasteiger charge is 2.22. The third-order valence-corrected chi connectivity index (χ3v) is 3.03. The average Bonchev–Trinajstić information content (AvgIpc) is 2.30. The summed E-state index contributed by atoms with van der Waals surface area (Å²) < 4.78 is 5.10. The van der Waals surface area contributed by atoms with Gasteiger partial charge in [0.05, 0.1) is 18.2 Å². The monoisotopic (exact) mass is 292 g/mol. The molecule has 1 aromatic carbocycles. The smallest absolute Gasteiger partial charge is 0.172 e. The summed E-state index contributed by atoms with van der Waals surface area (Å²) in [5.74, 6) is 0.0884. The van der Waals surface area contributed by atoms with Crippen LogP contribution in [-0.4, -0.2) is 40.2 Å². The molecule has 0 aliphatic heterocycles. The second-order valence-corrected chi connectivity index (χ2v) is 4.01. The van der Waals surface area contributed by atoms with Gasteiger partial charge >= 0.3 is 0 Å². The summed E-state index contributed by atoms with van der Waals surface area (Å²) in [5, 5.41) is 37.3. The minimum absolute atomic E-state index is 0.163. The van der Waals surface area contributed by atoms with E-state index in [-0.39, 0.29) is 21.5 Å². The highest BCUT2D eigenvalue weighted by molar-refractivity contribution is 9.10. The minimum atomic E-state index is -1.30. The Morgan fingerprint density at radius 2 is 2.00 bits per heavy atom. The summed E-state index contributed by atoms with van der Waals surface area (Å²) in [6, 6.07) is 2.95. The normalized spacial score (nSPS) is 14.6. The van der Waals surface area contributed by atoms with E-state index in [0.29, 0.717) is 0 Å². The van der Waals surface area contributed by atoms with Gasteiger partial charge in [0, 0.05) is 5.56 Å². The topological polar surface area (TPSA) is 90.2 Å². The van der Waals surface area contributed by atoms with Gasteiger partial charge in [-0.2, -0.15) is 0 Å². The maximum absolute atomic E-state index is 9.67. The molecule has 2 atom stereocenters. The highest BCUT2D eigenvalue weighted by atomic mass is 79.9. The molecule has 1 rings (SSSR count). The SMILES string of the molecule is COc1ccc(C(O)C(O)CO)c(Br)c1O. The highest BCUT2D eigenvalue weighted by Crippen LogP contribution is 2.39. The first-order valence-electron chi connectivity index (χ1n) is 4.55. The molecular formula is C10H13BrO5. The molecule has 0 bridgehead atoms. The van der Waals surface area contributed by atoms with Crippen LogP contribution in [0.15, 0.2) is 16.6 Å². The van der Waals surface area contributed by atoms with Crippen molar-refractivity contribution in [1.29, 1.82) is 0 Å². The fourth-order valence-electron chi connectivity index (χ4n) is 1.26. The number of rotatable bonds is 4. The Bertz CT molecular complexity index is 368. The number of hydrogen-bond acceptors (Lipinski definition) is 5. The molecule has 0 aliphatic rings. The van der Waals surface area contributed by atoms with Gasteiger partial charge in [-0.3, -0.25) is 0 Å². The molecule has 2 unspecified atom stereocenters. The van der Waals surface area contributed by atoms with Crippen molar-refractivity contribution in [1.82, 2.24) is 0 Å². The largest absolute Gasteiger partial charge is 0.503 e. The van der Waals surface area contributed by atoms with Crippen LogP contribution in [0.3, 0.4) is 0 Å². The molecule has 16 heavy (non-hydrogen) atoms. The predicted octanol–water partition coefficient (Wildman–Crippen LogP) is 0.550. The van der Waals surface area contributed by atoms with Crippen LogP contribution < -0.4 is 4.74 Å². The first-order valence-corrected chi connectivity index (χ1v) is 5.34. The second-order valence-electron chi connectivity index (χ2n) is 3.21. The summed E-state index contributed by atoms with van der Waals surface area (Å²) in [5.41, 5.74) is 0.278. The number of aromatic hydroxyl groups is 1. The van der Waals surface area contributed by atoms with Crippen LogP contribution in [0.25, 0.3) is 0 Å². The lowest BCUT2D eigenvalue weighted by molar-refractivity contribution is -0.0157. The lowest BCUT2D eigenvalue weighted by Crippen LogP contribution is -2.22. The van der Waals surface area contributed by atoms with Gasteiger partial charge < -0.3 is 25.2 Å². The standard InChI is InChI=1S/C10H13BrO5/c1-16-7-3-2-5(8(11)10(7)15)9(14)6(13)4-12/h2-3,6,9,12-15H,4H2,1H3. The van der Waals surface area contributed by atoms with Gasteiger partial charge in [-0.1, -0.05) is 6.07 Å². The lowest BCUT2D eigenvalue weighted by atomic mass is 10.0. The van der Waals surface area contributed by atoms with Crippen molar-refractivity contribution in [3.63, 3.8) is 0 Å². The molecule has 0 amide bonds. The van der Waals surface area contributed by atoms with E-state index < -0.39 is 18.8 Å². The van der Waals surface area contributed by atoms with Crippen LogP contribution in [-0.2, 0) is 0 Å². The van der Waals surface area contributed by atoms with Gasteiger partial charge in [-0.05, 0) is 22.0 Å². The quantitative estimate of drug-likeness (QED) is 0.651. The Morgan fingerprint density at radius 1 is 1.38 bits per heavy atom. The van der Waals surface area contributed by atoms with Crippen LogP contribution in [0.2, 0.25) is 0 Å². The van der Waals surface area contributed by atoms with E-state index >= 15 is 0 Å². The number of aliphatic hydroxyl groups is 3. The van der Waals surface area contributed by atoms with E-state index in [1.807, 2.05) is 0 Å². The molecule has 0 fully saturated rings. The average molecular weight is 293 g/mol. The number of hydrogen-bond donors (Lipinski definition) is 4. The number of phenols is 1. The number of benzene rings is 1. The molecular weight excluding hydrogens is 280 g/mol. The van der Waals surface area contributed by atoms with Gasteiger partial charge in [0.1, 0.15) is 12.2 Å². The van der Waals surface area contributed by atoms with Crippen molar-refractivity contribution in [3.05, 3.63) is 22.2 Å². The number of methoxy groups -OCH3 is 1. The summed E-state index contributed by atoms with van der Waals surface area (Å²) >= 11 is 3.09. The van der Waals surface area contributed by atoms with Crippen LogP contribution in [0.1, 0.15) is 11.7 Å². The van der Waals surface area contributed by atoms with Crippen molar-refractivity contribution in [2.24, 2.45) is 0 Å². The fraction of sp³-hybridized carbons (Fsp3) is 0.400. The molecule has 0 aromatic heterocycles. The zero-order valence-electron chi connectivity index (χ0n) is 8.59. The fourth-order valence-corrected chi connectivity index (χ4v) is 1.82. The van der Waals surface area contributed by atoms with Crippen molar-refractivity contribution in [2.75, 3.05) is 13.7 Å². The molecule has 6 heteroatoms. The molecule has 1 aromatic rings. The zero-order chi connectivity index (χ0) is 12.3. The third-order valence-electron chi connectivity index (χ3n) is 2.20. The summed E-state index contributed by atoms with van der Waals surface area (Å²) in [6.45, 7) is -0.569. The second kappa shape index (κ2) is 5.49. The Morgan fingerprint density at radius 3 is 2.50 bits per heavy atom. The van der Waals surface area contributed by atoms with E-state index in [2.05, 4.69) is 15.9 Å². The maximum atomic E-state index is 9.67. The third kappa shape index (κ3) is 2.46. The van der Waals surface area contributed by atoms with Crippen molar-refractivity contribution in [3.8, 4) is 11.5 Å². The van der Waals surface area contributed by atoms with E-state index in [1.54, 1.807) is 0 Å². The molecule has 0 radical (unpaired) electrons. The molecule has 5 nitrogen and oxygen atoms in total. The number of ether oxygens (including phenoxy) is 1. The van der Waals surface area contributed by atoms with E-state index in [4.69, 9.17) is 9.84 Å². The van der Waals surface area contributed by atoms with Crippen LogP contribution in [0.5, 0.6) is 11.5 Å². The maximum Gasteiger partial charge on any atom is 0.172 e. The van der Waals surface area contributed by atoms with Crippen molar-refractivity contribution < 1.29 is 25.2 Å². The van der Waals surface area contributed by atoms with Gasteiger partial charge in [0.15, 0.2) is 11.5 Å². The number of aliphatic hydroxyl groups excluding tert-OH is 3. The van der Waals surface area contributed by atoms with Crippen molar-refractivity contribution >= 4 is 15.9 Å². The predicted molar refractivity (Wildman–Crippen MR) is 60.4 cm³/mol. The summed E-state index contributed by atoms with van der Waals surface area (Å²) in [4.78, 5) is 0. The van der Waals surface area contributed by atoms with Crippen molar-refractivity contribution in [2.45, 2.75) is 12.2 Å². The molecule has 0 heterocycles. The molecule has 90 valence electrons.